The molecule has 1 N–H and O–H groups in total. The summed E-state index contributed by atoms with van der Waals surface area (Å²) < 4.78 is 1.73. The number of hydrogen-bond acceptors (Lipinski definition) is 3. The number of nitrogens with zero attached hydrogens (tertiary/aromatic N) is 3. The Kier molecular flexibility index (Phi) is 3.68. The number of hydrogen-bond donors (Lipinski definition) is 1. The van der Waals surface area contributed by atoms with Crippen molar-refractivity contribution in [3.05, 3.63) is 46.5 Å². The van der Waals surface area contributed by atoms with Crippen LogP contribution in [0.3, 0.4) is 0 Å². The van der Waals surface area contributed by atoms with Gasteiger partial charge in [0.25, 0.3) is 0 Å². The molecule has 0 aliphatic heterocycles. The van der Waals surface area contributed by atoms with Gasteiger partial charge in [-0.25, -0.2) is 0 Å². The number of aliphatic hydroxyl groups is 1. The van der Waals surface area contributed by atoms with E-state index in [9.17, 15) is 5.11 Å². The van der Waals surface area contributed by atoms with Crippen LogP contribution in [0.15, 0.2) is 24.7 Å². The Bertz CT molecular complexity index is 551. The molecular formula is C13H16ClN3O. The van der Waals surface area contributed by atoms with Gasteiger partial charge in [-0.05, 0) is 26.3 Å². The number of aliphatic hydroxyl groups excluding tert-OH is 1. The molecular weight excluding hydrogens is 250 g/mol. The van der Waals surface area contributed by atoms with E-state index in [1.807, 2.05) is 26.8 Å². The van der Waals surface area contributed by atoms with E-state index in [2.05, 4.69) is 10.1 Å². The largest absolute Gasteiger partial charge is 0.382 e. The quantitative estimate of drug-likeness (QED) is 0.928. The fourth-order valence-corrected chi connectivity index (χ4v) is 2.14. The normalized spacial score (nSPS) is 13.0. The monoisotopic (exact) mass is 265 g/mol. The molecule has 0 aromatic carbocycles. The number of halogens is 1. The summed E-state index contributed by atoms with van der Waals surface area (Å²) in [6.07, 6.45) is 4.14. The van der Waals surface area contributed by atoms with Crippen molar-refractivity contribution in [2.45, 2.75) is 32.9 Å². The number of aryl methyl sites for hydroxylation is 1. The molecule has 96 valence electrons. The van der Waals surface area contributed by atoms with Crippen molar-refractivity contribution < 1.29 is 5.11 Å². The van der Waals surface area contributed by atoms with Gasteiger partial charge in [-0.2, -0.15) is 5.10 Å². The van der Waals surface area contributed by atoms with Crippen LogP contribution in [-0.2, 0) is 0 Å². The number of rotatable bonds is 3. The van der Waals surface area contributed by atoms with Crippen molar-refractivity contribution in [2.75, 3.05) is 0 Å². The van der Waals surface area contributed by atoms with Crippen molar-refractivity contribution in [2.24, 2.45) is 0 Å². The summed E-state index contributed by atoms with van der Waals surface area (Å²) in [6.45, 7) is 5.92. The highest BCUT2D eigenvalue weighted by Gasteiger charge is 2.21. The molecule has 1 unspecified atom stereocenters. The fraction of sp³-hybridized carbons (Fsp3) is 0.385. The van der Waals surface area contributed by atoms with Crippen LogP contribution in [0, 0.1) is 6.92 Å². The van der Waals surface area contributed by atoms with Crippen LogP contribution >= 0.6 is 11.6 Å². The Morgan fingerprint density at radius 2 is 2.00 bits per heavy atom. The number of pyridine rings is 1. The van der Waals surface area contributed by atoms with Gasteiger partial charge in [0.1, 0.15) is 6.10 Å². The van der Waals surface area contributed by atoms with Crippen molar-refractivity contribution in [1.82, 2.24) is 14.8 Å². The van der Waals surface area contributed by atoms with Crippen LogP contribution in [0.4, 0.5) is 0 Å². The third-order valence-electron chi connectivity index (χ3n) is 2.75. The van der Waals surface area contributed by atoms with Crippen molar-refractivity contribution in [3.63, 3.8) is 0 Å². The first-order valence-corrected chi connectivity index (χ1v) is 6.21. The average molecular weight is 266 g/mol. The highest BCUT2D eigenvalue weighted by molar-refractivity contribution is 6.31. The topological polar surface area (TPSA) is 50.9 Å². The van der Waals surface area contributed by atoms with Gasteiger partial charge in [0.15, 0.2) is 0 Å². The lowest BCUT2D eigenvalue weighted by Gasteiger charge is -2.16. The van der Waals surface area contributed by atoms with E-state index in [-0.39, 0.29) is 6.04 Å². The molecule has 0 saturated heterocycles. The molecule has 0 radical (unpaired) electrons. The first-order chi connectivity index (χ1) is 8.50. The summed E-state index contributed by atoms with van der Waals surface area (Å²) >= 11 is 6.11. The predicted octanol–water partition coefficient (Wildman–Crippen LogP) is 2.90. The van der Waals surface area contributed by atoms with E-state index >= 15 is 0 Å². The van der Waals surface area contributed by atoms with E-state index in [1.165, 1.54) is 0 Å². The summed E-state index contributed by atoms with van der Waals surface area (Å²) in [5.74, 6) is 0. The molecule has 0 amide bonds. The molecule has 2 rings (SSSR count). The minimum absolute atomic E-state index is 0.139. The first kappa shape index (κ1) is 13.1. The minimum Gasteiger partial charge on any atom is -0.382 e. The van der Waals surface area contributed by atoms with E-state index in [0.717, 1.165) is 11.1 Å². The molecule has 0 aliphatic carbocycles. The standard InChI is InChI=1S/C13H16ClN3O/c1-8(2)17-12(11(14)7-16-17)13(18)10-4-9(3)5-15-6-10/h4-8,13,18H,1-3H3. The molecule has 4 nitrogen and oxygen atoms in total. The molecule has 0 bridgehead atoms. The average Bonchev–Trinajstić information content (AvgIpc) is 2.70. The SMILES string of the molecule is Cc1cncc(C(O)c2c(Cl)cnn2C(C)C)c1. The van der Waals surface area contributed by atoms with Crippen molar-refractivity contribution >= 4 is 11.6 Å². The van der Waals surface area contributed by atoms with Crippen molar-refractivity contribution in [1.29, 1.82) is 0 Å². The highest BCUT2D eigenvalue weighted by Crippen LogP contribution is 2.29. The van der Waals surface area contributed by atoms with Crippen LogP contribution in [0.25, 0.3) is 0 Å². The smallest absolute Gasteiger partial charge is 0.124 e. The lowest BCUT2D eigenvalue weighted by Crippen LogP contribution is -2.12. The maximum Gasteiger partial charge on any atom is 0.124 e. The zero-order valence-electron chi connectivity index (χ0n) is 10.6. The summed E-state index contributed by atoms with van der Waals surface area (Å²) in [5, 5.41) is 15.1. The third kappa shape index (κ3) is 2.40. The van der Waals surface area contributed by atoms with Gasteiger partial charge in [0, 0.05) is 24.0 Å². The third-order valence-corrected chi connectivity index (χ3v) is 3.04. The Morgan fingerprint density at radius 3 is 2.61 bits per heavy atom. The molecule has 2 aromatic rings. The maximum atomic E-state index is 10.4. The molecule has 0 saturated carbocycles. The predicted molar refractivity (Wildman–Crippen MR) is 70.7 cm³/mol. The lowest BCUT2D eigenvalue weighted by molar-refractivity contribution is 0.204. The van der Waals surface area contributed by atoms with Gasteiger partial charge >= 0.3 is 0 Å². The molecule has 1 atom stereocenters. The summed E-state index contributed by atoms with van der Waals surface area (Å²) in [7, 11) is 0. The van der Waals surface area contributed by atoms with Crippen LogP contribution in [0.2, 0.25) is 5.02 Å². The second-order valence-electron chi connectivity index (χ2n) is 4.61. The first-order valence-electron chi connectivity index (χ1n) is 5.83. The number of aromatic nitrogens is 3. The Hall–Kier alpha value is -1.39. The molecule has 2 aromatic heterocycles. The zero-order valence-corrected chi connectivity index (χ0v) is 11.4. The molecule has 0 fully saturated rings. The highest BCUT2D eigenvalue weighted by atomic mass is 35.5. The summed E-state index contributed by atoms with van der Waals surface area (Å²) in [5.41, 5.74) is 2.33. The molecule has 2 heterocycles. The fourth-order valence-electron chi connectivity index (χ4n) is 1.90. The van der Waals surface area contributed by atoms with Crippen molar-refractivity contribution in [3.8, 4) is 0 Å². The molecule has 5 heteroatoms. The van der Waals surface area contributed by atoms with Gasteiger partial charge in [-0.3, -0.25) is 9.67 Å². The summed E-state index contributed by atoms with van der Waals surface area (Å²) in [4.78, 5) is 4.09. The molecule has 18 heavy (non-hydrogen) atoms. The van der Waals surface area contributed by atoms with Gasteiger partial charge < -0.3 is 5.11 Å². The van der Waals surface area contributed by atoms with E-state index in [1.54, 1.807) is 23.3 Å². The summed E-state index contributed by atoms with van der Waals surface area (Å²) in [6, 6.07) is 2.03. The lowest BCUT2D eigenvalue weighted by atomic mass is 10.1. The Balaban J connectivity index is 2.45. The second-order valence-corrected chi connectivity index (χ2v) is 5.02. The van der Waals surface area contributed by atoms with Gasteiger partial charge in [0.05, 0.1) is 16.9 Å². The Labute approximate surface area is 111 Å². The maximum absolute atomic E-state index is 10.4. The van der Waals surface area contributed by atoms with Crippen LogP contribution in [0.1, 0.15) is 42.8 Å². The Morgan fingerprint density at radius 1 is 1.28 bits per heavy atom. The van der Waals surface area contributed by atoms with E-state index < -0.39 is 6.10 Å². The van der Waals surface area contributed by atoms with Crippen LogP contribution < -0.4 is 0 Å². The molecule has 0 aliphatic rings. The van der Waals surface area contributed by atoms with E-state index in [4.69, 9.17) is 11.6 Å². The van der Waals surface area contributed by atoms with Crippen LogP contribution in [0.5, 0.6) is 0 Å². The van der Waals surface area contributed by atoms with Gasteiger partial charge in [-0.1, -0.05) is 17.7 Å². The van der Waals surface area contributed by atoms with Gasteiger partial charge in [-0.15, -0.1) is 0 Å². The van der Waals surface area contributed by atoms with Crippen LogP contribution in [-0.4, -0.2) is 19.9 Å². The van der Waals surface area contributed by atoms with Gasteiger partial charge in [0.2, 0.25) is 0 Å². The minimum atomic E-state index is -0.810. The molecule has 0 spiro atoms. The second kappa shape index (κ2) is 5.08. The zero-order chi connectivity index (χ0) is 13.3. The van der Waals surface area contributed by atoms with E-state index in [0.29, 0.717) is 10.7 Å².